The van der Waals surface area contributed by atoms with Gasteiger partial charge in [-0.25, -0.2) is 4.98 Å². The molecule has 0 radical (unpaired) electrons. The maximum Gasteiger partial charge on any atom is 0.156 e. The Morgan fingerprint density at radius 2 is 2.10 bits per heavy atom. The second kappa shape index (κ2) is 6.13. The number of anilines is 3. The third-order valence-electron chi connectivity index (χ3n) is 3.85. The molecule has 112 valence electrons. The van der Waals surface area contributed by atoms with Crippen molar-refractivity contribution in [2.45, 2.75) is 20.3 Å². The number of piperazine rings is 1. The fourth-order valence-electron chi connectivity index (χ4n) is 2.67. The molecule has 1 saturated heterocycles. The van der Waals surface area contributed by atoms with E-state index in [-0.39, 0.29) is 0 Å². The SMILES string of the molecule is CCc1c(Nc2cccc(N3CCNCC3)n2)n[nH]c1C. The standard InChI is InChI=1S/C15H22N6/c1-3-12-11(2)19-20-15(12)18-13-5-4-6-14(17-13)21-9-7-16-8-10-21/h4-6,16H,3,7-10H2,1-2H3,(H2,17,18,19,20). The molecule has 0 aliphatic carbocycles. The van der Waals surface area contributed by atoms with Gasteiger partial charge in [0.05, 0.1) is 0 Å². The van der Waals surface area contributed by atoms with Gasteiger partial charge in [-0.05, 0) is 25.5 Å². The zero-order valence-corrected chi connectivity index (χ0v) is 12.6. The number of aromatic nitrogens is 3. The molecular weight excluding hydrogens is 264 g/mol. The smallest absolute Gasteiger partial charge is 0.156 e. The molecule has 2 aromatic rings. The van der Waals surface area contributed by atoms with E-state index in [2.05, 4.69) is 38.7 Å². The number of aromatic amines is 1. The summed E-state index contributed by atoms with van der Waals surface area (Å²) in [7, 11) is 0. The van der Waals surface area contributed by atoms with E-state index in [1.165, 1.54) is 5.56 Å². The summed E-state index contributed by atoms with van der Waals surface area (Å²) in [5.41, 5.74) is 2.32. The van der Waals surface area contributed by atoms with Crippen LogP contribution < -0.4 is 15.5 Å². The summed E-state index contributed by atoms with van der Waals surface area (Å²) in [6.07, 6.45) is 0.947. The molecule has 1 aliphatic rings. The Hall–Kier alpha value is -2.08. The van der Waals surface area contributed by atoms with Crippen LogP contribution in [0.3, 0.4) is 0 Å². The number of aryl methyl sites for hydroxylation is 1. The van der Waals surface area contributed by atoms with Crippen molar-refractivity contribution in [3.63, 3.8) is 0 Å². The van der Waals surface area contributed by atoms with Crippen molar-refractivity contribution in [3.8, 4) is 0 Å². The Balaban J connectivity index is 1.79. The van der Waals surface area contributed by atoms with E-state index in [0.717, 1.165) is 55.7 Å². The molecule has 21 heavy (non-hydrogen) atoms. The molecule has 0 aromatic carbocycles. The molecule has 0 saturated carbocycles. The highest BCUT2D eigenvalue weighted by Crippen LogP contribution is 2.22. The number of hydrogen-bond acceptors (Lipinski definition) is 5. The van der Waals surface area contributed by atoms with Crippen LogP contribution >= 0.6 is 0 Å². The zero-order chi connectivity index (χ0) is 14.7. The van der Waals surface area contributed by atoms with Crippen molar-refractivity contribution < 1.29 is 0 Å². The molecule has 0 atom stereocenters. The minimum Gasteiger partial charge on any atom is -0.354 e. The summed E-state index contributed by atoms with van der Waals surface area (Å²) in [6.45, 7) is 8.20. The highest BCUT2D eigenvalue weighted by molar-refractivity contribution is 5.59. The third kappa shape index (κ3) is 3.00. The second-order valence-corrected chi connectivity index (χ2v) is 5.27. The molecule has 1 fully saturated rings. The van der Waals surface area contributed by atoms with E-state index in [1.807, 2.05) is 19.1 Å². The first-order valence-corrected chi connectivity index (χ1v) is 7.51. The first-order valence-electron chi connectivity index (χ1n) is 7.51. The first-order chi connectivity index (χ1) is 10.3. The van der Waals surface area contributed by atoms with Crippen LogP contribution in [0.25, 0.3) is 0 Å². The van der Waals surface area contributed by atoms with Gasteiger partial charge in [-0.15, -0.1) is 0 Å². The van der Waals surface area contributed by atoms with Crippen molar-refractivity contribution in [1.29, 1.82) is 0 Å². The summed E-state index contributed by atoms with van der Waals surface area (Å²) >= 11 is 0. The number of nitrogens with zero attached hydrogens (tertiary/aromatic N) is 3. The molecule has 0 amide bonds. The minimum atomic E-state index is 0.840. The lowest BCUT2D eigenvalue weighted by molar-refractivity contribution is 0.585. The van der Waals surface area contributed by atoms with Gasteiger partial charge >= 0.3 is 0 Å². The predicted molar refractivity (Wildman–Crippen MR) is 85.3 cm³/mol. The van der Waals surface area contributed by atoms with Gasteiger partial charge in [0.15, 0.2) is 5.82 Å². The number of pyridine rings is 1. The van der Waals surface area contributed by atoms with Gasteiger partial charge in [0, 0.05) is 37.4 Å². The number of hydrogen-bond donors (Lipinski definition) is 3. The van der Waals surface area contributed by atoms with E-state index >= 15 is 0 Å². The van der Waals surface area contributed by atoms with Crippen molar-refractivity contribution in [3.05, 3.63) is 29.5 Å². The monoisotopic (exact) mass is 286 g/mol. The molecule has 0 unspecified atom stereocenters. The average molecular weight is 286 g/mol. The molecule has 6 heteroatoms. The average Bonchev–Trinajstić information content (AvgIpc) is 2.88. The van der Waals surface area contributed by atoms with Crippen LogP contribution in [0.15, 0.2) is 18.2 Å². The van der Waals surface area contributed by atoms with E-state index in [1.54, 1.807) is 0 Å². The molecule has 3 N–H and O–H groups in total. The first kappa shape index (κ1) is 13.9. The molecule has 3 rings (SSSR count). The molecular formula is C15H22N6. The lowest BCUT2D eigenvalue weighted by atomic mass is 10.2. The Kier molecular flexibility index (Phi) is 4.06. The number of rotatable bonds is 4. The lowest BCUT2D eigenvalue weighted by Gasteiger charge is -2.28. The Morgan fingerprint density at radius 1 is 1.29 bits per heavy atom. The fraction of sp³-hybridized carbons (Fsp3) is 0.467. The fourth-order valence-corrected chi connectivity index (χ4v) is 2.67. The minimum absolute atomic E-state index is 0.840. The van der Waals surface area contributed by atoms with Crippen LogP contribution in [0.2, 0.25) is 0 Å². The third-order valence-corrected chi connectivity index (χ3v) is 3.85. The van der Waals surface area contributed by atoms with Crippen molar-refractivity contribution in [2.75, 3.05) is 36.4 Å². The molecule has 3 heterocycles. The molecule has 0 bridgehead atoms. The van der Waals surface area contributed by atoms with E-state index < -0.39 is 0 Å². The van der Waals surface area contributed by atoms with Crippen LogP contribution in [-0.2, 0) is 6.42 Å². The second-order valence-electron chi connectivity index (χ2n) is 5.27. The van der Waals surface area contributed by atoms with Crippen LogP contribution in [0.4, 0.5) is 17.5 Å². The quantitative estimate of drug-likeness (QED) is 0.800. The van der Waals surface area contributed by atoms with Gasteiger partial charge in [0.1, 0.15) is 11.6 Å². The van der Waals surface area contributed by atoms with Gasteiger partial charge in [0.25, 0.3) is 0 Å². The molecule has 1 aliphatic heterocycles. The Labute approximate surface area is 125 Å². The topological polar surface area (TPSA) is 68.9 Å². The molecule has 2 aromatic heterocycles. The van der Waals surface area contributed by atoms with Crippen LogP contribution in [0, 0.1) is 6.92 Å². The van der Waals surface area contributed by atoms with Gasteiger partial charge in [-0.2, -0.15) is 5.10 Å². The van der Waals surface area contributed by atoms with Gasteiger partial charge < -0.3 is 15.5 Å². The van der Waals surface area contributed by atoms with Crippen LogP contribution in [-0.4, -0.2) is 41.4 Å². The zero-order valence-electron chi connectivity index (χ0n) is 12.6. The Bertz CT molecular complexity index is 600. The maximum absolute atomic E-state index is 4.71. The molecule has 0 spiro atoms. The van der Waals surface area contributed by atoms with E-state index in [4.69, 9.17) is 4.98 Å². The normalized spacial score (nSPS) is 15.2. The summed E-state index contributed by atoms with van der Waals surface area (Å²) in [5, 5.41) is 14.0. The van der Waals surface area contributed by atoms with Crippen molar-refractivity contribution >= 4 is 17.5 Å². The highest BCUT2D eigenvalue weighted by atomic mass is 15.3. The summed E-state index contributed by atoms with van der Waals surface area (Å²) in [6, 6.07) is 6.08. The molecule has 6 nitrogen and oxygen atoms in total. The van der Waals surface area contributed by atoms with E-state index in [9.17, 15) is 0 Å². The maximum atomic E-state index is 4.71. The van der Waals surface area contributed by atoms with Crippen LogP contribution in [0.5, 0.6) is 0 Å². The highest BCUT2D eigenvalue weighted by Gasteiger charge is 2.13. The lowest BCUT2D eigenvalue weighted by Crippen LogP contribution is -2.43. The van der Waals surface area contributed by atoms with E-state index in [0.29, 0.717) is 0 Å². The largest absolute Gasteiger partial charge is 0.354 e. The summed E-state index contributed by atoms with van der Waals surface area (Å²) in [5.74, 6) is 2.74. The van der Waals surface area contributed by atoms with Crippen molar-refractivity contribution in [1.82, 2.24) is 20.5 Å². The van der Waals surface area contributed by atoms with Crippen LogP contribution in [0.1, 0.15) is 18.2 Å². The van der Waals surface area contributed by atoms with Crippen molar-refractivity contribution in [2.24, 2.45) is 0 Å². The Morgan fingerprint density at radius 3 is 2.86 bits per heavy atom. The number of H-pyrrole nitrogens is 1. The summed E-state index contributed by atoms with van der Waals surface area (Å²) < 4.78 is 0. The van der Waals surface area contributed by atoms with Gasteiger partial charge in [0.2, 0.25) is 0 Å². The number of nitrogens with one attached hydrogen (secondary N) is 3. The van der Waals surface area contributed by atoms with Gasteiger partial charge in [-0.1, -0.05) is 13.0 Å². The predicted octanol–water partition coefficient (Wildman–Crippen LogP) is 1.83. The van der Waals surface area contributed by atoms with Gasteiger partial charge in [-0.3, -0.25) is 5.10 Å². The summed E-state index contributed by atoms with van der Waals surface area (Å²) in [4.78, 5) is 7.01.